The molecular formula is C23H33N3O6. The number of ether oxygens (including phenoxy) is 2. The summed E-state index contributed by atoms with van der Waals surface area (Å²) < 4.78 is 17.4. The molecule has 9 heteroatoms. The Morgan fingerprint density at radius 3 is 2.50 bits per heavy atom. The van der Waals surface area contributed by atoms with E-state index in [2.05, 4.69) is 0 Å². The second kappa shape index (κ2) is 13.4. The van der Waals surface area contributed by atoms with E-state index in [4.69, 9.17) is 13.9 Å². The molecule has 2 heterocycles. The highest BCUT2D eigenvalue weighted by atomic mass is 16.5. The van der Waals surface area contributed by atoms with Gasteiger partial charge in [0.25, 0.3) is 0 Å². The molecule has 2 aromatic rings. The van der Waals surface area contributed by atoms with Gasteiger partial charge in [-0.05, 0) is 37.6 Å². The Morgan fingerprint density at radius 2 is 1.88 bits per heavy atom. The van der Waals surface area contributed by atoms with Crippen LogP contribution in [0.3, 0.4) is 0 Å². The maximum atomic E-state index is 13.3. The molecule has 0 bridgehead atoms. The number of methoxy groups -OCH3 is 1. The highest BCUT2D eigenvalue weighted by Gasteiger charge is 2.23. The fourth-order valence-corrected chi connectivity index (χ4v) is 3.23. The van der Waals surface area contributed by atoms with Crippen LogP contribution in [0.2, 0.25) is 0 Å². The molecule has 2 aromatic heterocycles. The molecule has 0 saturated heterocycles. The van der Waals surface area contributed by atoms with Crippen molar-refractivity contribution in [2.24, 2.45) is 7.05 Å². The lowest BCUT2D eigenvalue weighted by Crippen LogP contribution is -2.43. The highest BCUT2D eigenvalue weighted by molar-refractivity contribution is 5.86. The fourth-order valence-electron chi connectivity index (χ4n) is 3.23. The van der Waals surface area contributed by atoms with Crippen molar-refractivity contribution >= 4 is 17.8 Å². The molecule has 0 unspecified atom stereocenters. The summed E-state index contributed by atoms with van der Waals surface area (Å²) in [4.78, 5) is 40.8. The van der Waals surface area contributed by atoms with E-state index in [1.807, 2.05) is 36.0 Å². The molecule has 0 aliphatic carbocycles. The molecule has 2 rings (SSSR count). The summed E-state index contributed by atoms with van der Waals surface area (Å²) in [5, 5.41) is 0. The molecule has 9 nitrogen and oxygen atoms in total. The summed E-state index contributed by atoms with van der Waals surface area (Å²) in [6.07, 6.45) is 4.05. The topological polar surface area (TPSA) is 94.2 Å². The van der Waals surface area contributed by atoms with E-state index in [-0.39, 0.29) is 37.8 Å². The Labute approximate surface area is 188 Å². The van der Waals surface area contributed by atoms with E-state index in [1.54, 1.807) is 31.3 Å². The monoisotopic (exact) mass is 447 g/mol. The Balaban J connectivity index is 2.09. The van der Waals surface area contributed by atoms with Crippen LogP contribution in [0.25, 0.3) is 0 Å². The van der Waals surface area contributed by atoms with Crippen molar-refractivity contribution < 1.29 is 28.3 Å². The largest absolute Gasteiger partial charge is 0.467 e. The third kappa shape index (κ3) is 8.22. The summed E-state index contributed by atoms with van der Waals surface area (Å²) in [6, 6.07) is 7.45. The number of hydrogen-bond acceptors (Lipinski definition) is 6. The van der Waals surface area contributed by atoms with Crippen molar-refractivity contribution in [3.05, 3.63) is 48.2 Å². The van der Waals surface area contributed by atoms with Gasteiger partial charge >= 0.3 is 5.97 Å². The van der Waals surface area contributed by atoms with Crippen molar-refractivity contribution in [2.45, 2.75) is 39.3 Å². The van der Waals surface area contributed by atoms with Crippen LogP contribution in [0, 0.1) is 0 Å². The van der Waals surface area contributed by atoms with Gasteiger partial charge < -0.3 is 28.3 Å². The summed E-state index contributed by atoms with van der Waals surface area (Å²) in [7, 11) is 3.50. The molecule has 0 atom stereocenters. The van der Waals surface area contributed by atoms with Crippen LogP contribution in [0.5, 0.6) is 0 Å². The standard InChI is InChI=1S/C23H33N3O6/c1-4-31-23(29)11-10-21(27)25(13-7-14-30-3)18-22(28)26(17-20-9-6-15-32-20)16-19-8-5-12-24(19)2/h5-6,8-9,12,15H,4,7,10-11,13-14,16-18H2,1-3H3. The van der Waals surface area contributed by atoms with Crippen LogP contribution in [-0.2, 0) is 44.0 Å². The first kappa shape index (κ1) is 25.2. The van der Waals surface area contributed by atoms with E-state index < -0.39 is 5.97 Å². The minimum Gasteiger partial charge on any atom is -0.467 e. The summed E-state index contributed by atoms with van der Waals surface area (Å²) in [6.45, 7) is 3.40. The third-order valence-corrected chi connectivity index (χ3v) is 4.99. The predicted octanol–water partition coefficient (Wildman–Crippen LogP) is 2.36. The van der Waals surface area contributed by atoms with Crippen molar-refractivity contribution in [3.63, 3.8) is 0 Å². The number of nitrogens with zero attached hydrogens (tertiary/aromatic N) is 3. The van der Waals surface area contributed by atoms with Gasteiger partial charge in [0, 0.05) is 45.6 Å². The Kier molecular flexibility index (Phi) is 10.5. The minimum atomic E-state index is -0.424. The number of rotatable bonds is 14. The molecular weight excluding hydrogens is 414 g/mol. The lowest BCUT2D eigenvalue weighted by atomic mass is 10.2. The molecule has 0 fully saturated rings. The van der Waals surface area contributed by atoms with Crippen LogP contribution in [-0.4, -0.2) is 65.6 Å². The van der Waals surface area contributed by atoms with E-state index >= 15 is 0 Å². The molecule has 0 radical (unpaired) electrons. The number of esters is 1. The number of hydrogen-bond donors (Lipinski definition) is 0. The number of aromatic nitrogens is 1. The van der Waals surface area contributed by atoms with Crippen molar-refractivity contribution in [1.82, 2.24) is 14.4 Å². The molecule has 0 N–H and O–H groups in total. The number of aryl methyl sites for hydroxylation is 1. The van der Waals surface area contributed by atoms with Crippen LogP contribution in [0.15, 0.2) is 41.1 Å². The van der Waals surface area contributed by atoms with Gasteiger partial charge in [-0.25, -0.2) is 0 Å². The maximum Gasteiger partial charge on any atom is 0.306 e. The first-order chi connectivity index (χ1) is 15.4. The number of furan rings is 1. The molecule has 0 aliphatic rings. The Bertz CT molecular complexity index is 846. The average Bonchev–Trinajstić information content (AvgIpc) is 3.43. The van der Waals surface area contributed by atoms with Gasteiger partial charge in [-0.3, -0.25) is 14.4 Å². The number of carbonyl (C=O) groups is 3. The van der Waals surface area contributed by atoms with Gasteiger partial charge in [-0.2, -0.15) is 0 Å². The lowest BCUT2D eigenvalue weighted by Gasteiger charge is -2.27. The minimum absolute atomic E-state index is 0.00487. The van der Waals surface area contributed by atoms with E-state index in [0.29, 0.717) is 38.4 Å². The molecule has 0 aromatic carbocycles. The van der Waals surface area contributed by atoms with Crippen LogP contribution < -0.4 is 0 Å². The van der Waals surface area contributed by atoms with Gasteiger partial charge in [-0.15, -0.1) is 0 Å². The summed E-state index contributed by atoms with van der Waals surface area (Å²) in [5.41, 5.74) is 0.962. The van der Waals surface area contributed by atoms with Crippen molar-refractivity contribution in [3.8, 4) is 0 Å². The van der Waals surface area contributed by atoms with E-state index in [9.17, 15) is 14.4 Å². The number of amides is 2. The van der Waals surface area contributed by atoms with Gasteiger partial charge in [0.2, 0.25) is 11.8 Å². The lowest BCUT2D eigenvalue weighted by molar-refractivity contribution is -0.146. The normalized spacial score (nSPS) is 10.7. The fraction of sp³-hybridized carbons (Fsp3) is 0.522. The Hall–Kier alpha value is -3.07. The molecule has 2 amide bonds. The zero-order valence-corrected chi connectivity index (χ0v) is 19.1. The smallest absolute Gasteiger partial charge is 0.306 e. The molecule has 32 heavy (non-hydrogen) atoms. The molecule has 0 spiro atoms. The number of carbonyl (C=O) groups excluding carboxylic acids is 3. The third-order valence-electron chi connectivity index (χ3n) is 4.99. The zero-order chi connectivity index (χ0) is 23.3. The highest BCUT2D eigenvalue weighted by Crippen LogP contribution is 2.13. The molecule has 0 saturated carbocycles. The van der Waals surface area contributed by atoms with Crippen LogP contribution in [0.4, 0.5) is 0 Å². The van der Waals surface area contributed by atoms with Crippen molar-refractivity contribution in [1.29, 1.82) is 0 Å². The van der Waals surface area contributed by atoms with Crippen molar-refractivity contribution in [2.75, 3.05) is 33.4 Å². The first-order valence-corrected chi connectivity index (χ1v) is 10.8. The van der Waals surface area contributed by atoms with E-state index in [1.165, 1.54) is 4.90 Å². The van der Waals surface area contributed by atoms with Gasteiger partial charge in [0.15, 0.2) is 0 Å². The zero-order valence-electron chi connectivity index (χ0n) is 19.1. The summed E-state index contributed by atoms with van der Waals surface area (Å²) in [5.74, 6) is -0.233. The van der Waals surface area contributed by atoms with Crippen LogP contribution in [0.1, 0.15) is 37.6 Å². The van der Waals surface area contributed by atoms with Gasteiger partial charge in [-0.1, -0.05) is 0 Å². The summed E-state index contributed by atoms with van der Waals surface area (Å²) >= 11 is 0. The second-order valence-corrected chi connectivity index (χ2v) is 7.41. The van der Waals surface area contributed by atoms with E-state index in [0.717, 1.165) is 5.69 Å². The van der Waals surface area contributed by atoms with Crippen LogP contribution >= 0.6 is 0 Å². The predicted molar refractivity (Wildman–Crippen MR) is 117 cm³/mol. The molecule has 176 valence electrons. The SMILES string of the molecule is CCOC(=O)CCC(=O)N(CCCOC)CC(=O)N(Cc1ccco1)Cc1cccn1C. The molecule has 0 aliphatic heterocycles. The quantitative estimate of drug-likeness (QED) is 0.326. The second-order valence-electron chi connectivity index (χ2n) is 7.41. The van der Waals surface area contributed by atoms with Gasteiger partial charge in [0.1, 0.15) is 5.76 Å². The maximum absolute atomic E-state index is 13.3. The Morgan fingerprint density at radius 1 is 1.06 bits per heavy atom. The van der Waals surface area contributed by atoms with Gasteiger partial charge in [0.05, 0.1) is 38.9 Å². The average molecular weight is 448 g/mol. The first-order valence-electron chi connectivity index (χ1n) is 10.8.